The molecular weight excluding hydrogens is 404 g/mol. The SMILES string of the molecule is C[C@@H](C(=O)N(CC#N)CC#N)N(CC(F)(F)F)c1ccc(C#N)c(C(F)(F)F)c1. The van der Waals surface area contributed by atoms with Gasteiger partial charge >= 0.3 is 12.4 Å². The Bertz CT molecular complexity index is 859. The van der Waals surface area contributed by atoms with Gasteiger partial charge in [0.05, 0.1) is 29.3 Å². The molecule has 0 saturated heterocycles. The summed E-state index contributed by atoms with van der Waals surface area (Å²) < 4.78 is 78.6. The topological polar surface area (TPSA) is 94.9 Å². The molecule has 0 radical (unpaired) electrons. The molecule has 1 amide bonds. The fourth-order valence-electron chi connectivity index (χ4n) is 2.47. The monoisotopic (exact) mass is 417 g/mol. The van der Waals surface area contributed by atoms with Crippen LogP contribution < -0.4 is 4.90 Å². The fourth-order valence-corrected chi connectivity index (χ4v) is 2.47. The van der Waals surface area contributed by atoms with Gasteiger partial charge in [0.25, 0.3) is 0 Å². The lowest BCUT2D eigenvalue weighted by Crippen LogP contribution is -2.50. The number of carbonyl (C=O) groups excluding carboxylic acids is 1. The summed E-state index contributed by atoms with van der Waals surface area (Å²) >= 11 is 0. The molecule has 12 heteroatoms. The van der Waals surface area contributed by atoms with Crippen molar-refractivity contribution in [3.63, 3.8) is 0 Å². The molecule has 0 N–H and O–H groups in total. The molecule has 1 atom stereocenters. The molecule has 0 spiro atoms. The van der Waals surface area contributed by atoms with Gasteiger partial charge in [0, 0.05) is 5.69 Å². The van der Waals surface area contributed by atoms with Crippen molar-refractivity contribution in [1.82, 2.24) is 4.90 Å². The van der Waals surface area contributed by atoms with Gasteiger partial charge in [-0.2, -0.15) is 42.1 Å². The minimum absolute atomic E-state index is 0.354. The molecule has 0 aliphatic heterocycles. The lowest BCUT2D eigenvalue weighted by molar-refractivity contribution is -0.137. The molecule has 0 aliphatic rings. The highest BCUT2D eigenvalue weighted by Crippen LogP contribution is 2.35. The molecule has 0 heterocycles. The summed E-state index contributed by atoms with van der Waals surface area (Å²) in [5, 5.41) is 26.3. The Morgan fingerprint density at radius 2 is 1.62 bits per heavy atom. The zero-order valence-electron chi connectivity index (χ0n) is 14.8. The number of amides is 1. The van der Waals surface area contributed by atoms with Crippen molar-refractivity contribution in [2.45, 2.75) is 25.3 Å². The average Bonchev–Trinajstić information content (AvgIpc) is 2.63. The molecule has 29 heavy (non-hydrogen) atoms. The number of halogens is 6. The smallest absolute Gasteiger partial charge is 0.351 e. The summed E-state index contributed by atoms with van der Waals surface area (Å²) in [6.07, 6.45) is -9.89. The maximum atomic E-state index is 13.2. The molecule has 1 aromatic rings. The molecule has 0 bridgehead atoms. The van der Waals surface area contributed by atoms with Crippen LogP contribution >= 0.6 is 0 Å². The Hall–Kier alpha value is -3.46. The first kappa shape index (κ1) is 23.6. The van der Waals surface area contributed by atoms with Crippen LogP contribution in [0.1, 0.15) is 18.1 Å². The van der Waals surface area contributed by atoms with Gasteiger partial charge in [-0.05, 0) is 25.1 Å². The highest BCUT2D eigenvalue weighted by molar-refractivity contribution is 5.85. The minimum Gasteiger partial charge on any atom is -0.351 e. The molecule has 0 aromatic heterocycles. The van der Waals surface area contributed by atoms with Crippen LogP contribution in [0.15, 0.2) is 18.2 Å². The molecule has 0 fully saturated rings. The van der Waals surface area contributed by atoms with E-state index in [4.69, 9.17) is 15.8 Å². The van der Waals surface area contributed by atoms with E-state index in [-0.39, 0.29) is 0 Å². The Morgan fingerprint density at radius 1 is 1.07 bits per heavy atom. The van der Waals surface area contributed by atoms with Crippen LogP contribution in [0.5, 0.6) is 0 Å². The lowest BCUT2D eigenvalue weighted by atomic mass is 10.1. The Morgan fingerprint density at radius 3 is 2.03 bits per heavy atom. The van der Waals surface area contributed by atoms with Gasteiger partial charge < -0.3 is 9.80 Å². The second-order valence-electron chi connectivity index (χ2n) is 5.77. The zero-order chi connectivity index (χ0) is 22.4. The molecular formula is C17H13F6N5O. The third-order valence-corrected chi connectivity index (χ3v) is 3.77. The summed E-state index contributed by atoms with van der Waals surface area (Å²) in [5.41, 5.74) is -2.83. The van der Waals surface area contributed by atoms with Crippen molar-refractivity contribution in [3.05, 3.63) is 29.3 Å². The van der Waals surface area contributed by atoms with E-state index in [0.717, 1.165) is 13.0 Å². The van der Waals surface area contributed by atoms with Crippen LogP contribution in [0.2, 0.25) is 0 Å². The van der Waals surface area contributed by atoms with Crippen molar-refractivity contribution in [2.75, 3.05) is 24.5 Å². The molecule has 0 saturated carbocycles. The number of anilines is 1. The number of hydrogen-bond donors (Lipinski definition) is 0. The second kappa shape index (κ2) is 9.16. The maximum Gasteiger partial charge on any atom is 0.417 e. The highest BCUT2D eigenvalue weighted by atomic mass is 19.4. The number of benzene rings is 1. The van der Waals surface area contributed by atoms with Crippen LogP contribution in [0.4, 0.5) is 32.0 Å². The number of rotatable bonds is 6. The normalized spacial score (nSPS) is 12.3. The molecule has 1 aromatic carbocycles. The predicted molar refractivity (Wildman–Crippen MR) is 86.8 cm³/mol. The summed E-state index contributed by atoms with van der Waals surface area (Å²) in [6.45, 7) is -1.92. The van der Waals surface area contributed by atoms with E-state index in [9.17, 15) is 31.1 Å². The predicted octanol–water partition coefficient (Wildman–Crippen LogP) is 3.21. The molecule has 154 valence electrons. The van der Waals surface area contributed by atoms with Gasteiger partial charge in [0.15, 0.2) is 0 Å². The van der Waals surface area contributed by atoms with Crippen molar-refractivity contribution in [1.29, 1.82) is 15.8 Å². The Kier molecular flexibility index (Phi) is 7.44. The van der Waals surface area contributed by atoms with Gasteiger partial charge in [-0.3, -0.25) is 4.79 Å². The van der Waals surface area contributed by atoms with E-state index in [2.05, 4.69) is 0 Å². The van der Waals surface area contributed by atoms with Gasteiger partial charge in [-0.15, -0.1) is 0 Å². The van der Waals surface area contributed by atoms with Crippen LogP contribution in [0.25, 0.3) is 0 Å². The number of hydrogen-bond acceptors (Lipinski definition) is 5. The van der Waals surface area contributed by atoms with E-state index in [0.29, 0.717) is 21.9 Å². The maximum absolute atomic E-state index is 13.2. The summed E-state index contributed by atoms with van der Waals surface area (Å²) in [6, 6.07) is 4.77. The van der Waals surface area contributed by atoms with Crippen LogP contribution in [0.3, 0.4) is 0 Å². The number of nitrogens with zero attached hydrogens (tertiary/aromatic N) is 5. The number of nitriles is 3. The first-order valence-electron chi connectivity index (χ1n) is 7.83. The summed E-state index contributed by atoms with van der Waals surface area (Å²) in [5.74, 6) is -1.05. The first-order chi connectivity index (χ1) is 13.4. The first-order valence-corrected chi connectivity index (χ1v) is 7.83. The lowest BCUT2D eigenvalue weighted by Gasteiger charge is -2.33. The van der Waals surface area contributed by atoms with Crippen LogP contribution in [0, 0.1) is 34.0 Å². The van der Waals surface area contributed by atoms with E-state index in [1.54, 1.807) is 12.1 Å². The van der Waals surface area contributed by atoms with Crippen LogP contribution in [-0.4, -0.2) is 42.7 Å². The highest BCUT2D eigenvalue weighted by Gasteiger charge is 2.38. The summed E-state index contributed by atoms with van der Waals surface area (Å²) in [7, 11) is 0. The zero-order valence-corrected chi connectivity index (χ0v) is 14.8. The molecule has 0 unspecified atom stereocenters. The van der Waals surface area contributed by atoms with Gasteiger partial charge in [-0.25, -0.2) is 0 Å². The van der Waals surface area contributed by atoms with E-state index < -0.39 is 60.8 Å². The van der Waals surface area contributed by atoms with E-state index in [1.807, 2.05) is 0 Å². The van der Waals surface area contributed by atoms with Crippen LogP contribution in [-0.2, 0) is 11.0 Å². The van der Waals surface area contributed by atoms with Crippen molar-refractivity contribution in [2.24, 2.45) is 0 Å². The van der Waals surface area contributed by atoms with Crippen molar-refractivity contribution in [3.8, 4) is 18.2 Å². The van der Waals surface area contributed by atoms with E-state index in [1.165, 1.54) is 6.07 Å². The Balaban J connectivity index is 3.47. The minimum atomic E-state index is -5.01. The van der Waals surface area contributed by atoms with Gasteiger partial charge in [0.1, 0.15) is 25.7 Å². The largest absolute Gasteiger partial charge is 0.417 e. The second-order valence-corrected chi connectivity index (χ2v) is 5.77. The molecule has 6 nitrogen and oxygen atoms in total. The molecule has 0 aliphatic carbocycles. The third kappa shape index (κ3) is 6.28. The van der Waals surface area contributed by atoms with Crippen molar-refractivity contribution < 1.29 is 31.1 Å². The molecule has 1 rings (SSSR count). The fraction of sp³-hybridized carbons (Fsp3) is 0.412. The van der Waals surface area contributed by atoms with Gasteiger partial charge in [0.2, 0.25) is 5.91 Å². The number of alkyl halides is 6. The average molecular weight is 417 g/mol. The quantitative estimate of drug-likeness (QED) is 0.523. The summed E-state index contributed by atoms with van der Waals surface area (Å²) in [4.78, 5) is 13.5. The number of carbonyl (C=O) groups is 1. The Labute approximate surface area is 161 Å². The van der Waals surface area contributed by atoms with Crippen molar-refractivity contribution >= 4 is 11.6 Å². The van der Waals surface area contributed by atoms with E-state index >= 15 is 0 Å². The van der Waals surface area contributed by atoms with Gasteiger partial charge in [-0.1, -0.05) is 0 Å². The third-order valence-electron chi connectivity index (χ3n) is 3.77. The standard InChI is InChI=1S/C17H13F6N5O/c1-11(15(29)27(6-4-24)7-5-25)28(10-16(18,19)20)13-3-2-12(9-26)14(8-13)17(21,22)23/h2-3,8,11H,6-7,10H2,1H3/t11-/m0/s1.